The monoisotopic (exact) mass is 410 g/mol. The summed E-state index contributed by atoms with van der Waals surface area (Å²) in [6.45, 7) is 1.50. The van der Waals surface area contributed by atoms with Gasteiger partial charge in [0.2, 0.25) is 0 Å². The summed E-state index contributed by atoms with van der Waals surface area (Å²) in [5, 5.41) is 24.4. The molecule has 2 N–H and O–H groups in total. The van der Waals surface area contributed by atoms with Crippen molar-refractivity contribution in [3.8, 4) is 11.1 Å². The quantitative estimate of drug-likeness (QED) is 0.460. The van der Waals surface area contributed by atoms with Gasteiger partial charge in [-0.25, -0.2) is 0 Å². The zero-order valence-electron chi connectivity index (χ0n) is 15.6. The molecule has 0 heterocycles. The fourth-order valence-electron chi connectivity index (χ4n) is 2.90. The summed E-state index contributed by atoms with van der Waals surface area (Å²) in [5.74, 6) is -0.597. The Morgan fingerprint density at radius 3 is 2.31 bits per heavy atom. The number of hydrogen-bond donors (Lipinski definition) is 2. The highest BCUT2D eigenvalue weighted by atomic mass is 35.5. The first kappa shape index (κ1) is 20.5. The summed E-state index contributed by atoms with van der Waals surface area (Å²) in [7, 11) is 0. The number of amides is 1. The Balaban J connectivity index is 1.72. The smallest absolute Gasteiger partial charge is 0.270 e. The molecule has 0 radical (unpaired) electrons. The van der Waals surface area contributed by atoms with Crippen LogP contribution in [0, 0.1) is 10.1 Å². The van der Waals surface area contributed by atoms with Gasteiger partial charge in [-0.1, -0.05) is 66.2 Å². The highest BCUT2D eigenvalue weighted by molar-refractivity contribution is 6.33. The van der Waals surface area contributed by atoms with Gasteiger partial charge >= 0.3 is 0 Å². The molecular weight excluding hydrogens is 392 g/mol. The largest absolute Gasteiger partial charge is 0.384 e. The van der Waals surface area contributed by atoms with Crippen LogP contribution in [0.25, 0.3) is 11.1 Å². The fraction of sp³-hybridized carbons (Fsp3) is 0.136. The molecule has 0 saturated heterocycles. The number of carbonyl (C=O) groups excluding carboxylic acids is 1. The lowest BCUT2D eigenvalue weighted by atomic mass is 9.93. The third kappa shape index (κ3) is 4.80. The summed E-state index contributed by atoms with van der Waals surface area (Å²) in [6.07, 6.45) is 0. The predicted octanol–water partition coefficient (Wildman–Crippen LogP) is 4.55. The lowest BCUT2D eigenvalue weighted by molar-refractivity contribution is -0.384. The molecule has 0 saturated carbocycles. The van der Waals surface area contributed by atoms with Crippen LogP contribution in [0.4, 0.5) is 5.69 Å². The van der Waals surface area contributed by atoms with E-state index in [2.05, 4.69) is 5.32 Å². The number of aliphatic hydroxyl groups is 1. The van der Waals surface area contributed by atoms with Crippen molar-refractivity contribution in [2.45, 2.75) is 12.5 Å². The van der Waals surface area contributed by atoms with Gasteiger partial charge in [-0.05, 0) is 29.7 Å². The van der Waals surface area contributed by atoms with Crippen molar-refractivity contribution >= 4 is 23.2 Å². The standard InChI is InChI=1S/C22H19ClN2O4/c1-22(27,17-9-7-16(8-10-17)15-5-3-2-4-6-15)14-24-21(26)19-13-18(25(28)29)11-12-20(19)23/h2-13,27H,14H2,1H3,(H,24,26). The van der Waals surface area contributed by atoms with Crippen molar-refractivity contribution in [2.75, 3.05) is 6.54 Å². The minimum absolute atomic E-state index is 0.0175. The zero-order chi connectivity index (χ0) is 21.0. The van der Waals surface area contributed by atoms with Crippen LogP contribution < -0.4 is 5.32 Å². The number of carbonyl (C=O) groups is 1. The lowest BCUT2D eigenvalue weighted by Crippen LogP contribution is -2.38. The molecule has 3 aromatic rings. The molecule has 1 atom stereocenters. The molecule has 3 rings (SSSR count). The van der Waals surface area contributed by atoms with Crippen molar-refractivity contribution in [1.82, 2.24) is 5.32 Å². The van der Waals surface area contributed by atoms with Gasteiger partial charge in [-0.3, -0.25) is 14.9 Å². The molecule has 6 nitrogen and oxygen atoms in total. The van der Waals surface area contributed by atoms with E-state index >= 15 is 0 Å². The third-order valence-corrected chi connectivity index (χ3v) is 4.94. The summed E-state index contributed by atoms with van der Waals surface area (Å²) in [5.41, 5.74) is 1.12. The average Bonchev–Trinajstić information content (AvgIpc) is 2.73. The molecular formula is C22H19ClN2O4. The highest BCUT2D eigenvalue weighted by Crippen LogP contribution is 2.26. The topological polar surface area (TPSA) is 92.5 Å². The molecule has 0 spiro atoms. The second-order valence-corrected chi connectivity index (χ2v) is 7.23. The second kappa shape index (κ2) is 8.43. The second-order valence-electron chi connectivity index (χ2n) is 6.82. The Labute approximate surface area is 172 Å². The van der Waals surface area contributed by atoms with Crippen molar-refractivity contribution in [3.05, 3.63) is 99.1 Å². The summed E-state index contributed by atoms with van der Waals surface area (Å²) >= 11 is 5.99. The van der Waals surface area contributed by atoms with Crippen molar-refractivity contribution < 1.29 is 14.8 Å². The van der Waals surface area contributed by atoms with Gasteiger partial charge in [0.25, 0.3) is 11.6 Å². The molecule has 0 aromatic heterocycles. The molecule has 3 aromatic carbocycles. The van der Waals surface area contributed by atoms with Crippen LogP contribution in [0.1, 0.15) is 22.8 Å². The average molecular weight is 411 g/mol. The van der Waals surface area contributed by atoms with Crippen LogP contribution in [0.15, 0.2) is 72.8 Å². The predicted molar refractivity (Wildman–Crippen MR) is 112 cm³/mol. The van der Waals surface area contributed by atoms with E-state index in [4.69, 9.17) is 11.6 Å². The SMILES string of the molecule is CC(O)(CNC(=O)c1cc([N+](=O)[O-])ccc1Cl)c1ccc(-c2ccccc2)cc1. The van der Waals surface area contributed by atoms with Crippen molar-refractivity contribution in [2.24, 2.45) is 0 Å². The number of halogens is 1. The first-order valence-corrected chi connectivity index (χ1v) is 9.26. The summed E-state index contributed by atoms with van der Waals surface area (Å²) in [4.78, 5) is 22.7. The van der Waals surface area contributed by atoms with Crippen molar-refractivity contribution in [1.29, 1.82) is 0 Å². The number of rotatable bonds is 6. The van der Waals surface area contributed by atoms with Crippen LogP contribution >= 0.6 is 11.6 Å². The zero-order valence-corrected chi connectivity index (χ0v) is 16.4. The lowest BCUT2D eigenvalue weighted by Gasteiger charge is -2.24. The van der Waals surface area contributed by atoms with E-state index < -0.39 is 16.4 Å². The van der Waals surface area contributed by atoms with Gasteiger partial charge in [0.05, 0.1) is 22.1 Å². The number of non-ortho nitro benzene ring substituents is 1. The number of benzene rings is 3. The van der Waals surface area contributed by atoms with Gasteiger partial charge in [0.15, 0.2) is 0 Å². The van der Waals surface area contributed by atoms with E-state index in [1.54, 1.807) is 19.1 Å². The Kier molecular flexibility index (Phi) is 5.96. The number of hydrogen-bond acceptors (Lipinski definition) is 4. The molecule has 7 heteroatoms. The first-order chi connectivity index (χ1) is 13.8. The van der Waals surface area contributed by atoms with Crippen LogP contribution in [-0.2, 0) is 5.60 Å². The third-order valence-electron chi connectivity index (χ3n) is 4.61. The minimum Gasteiger partial charge on any atom is -0.384 e. The van der Waals surface area contributed by atoms with Gasteiger partial charge in [-0.15, -0.1) is 0 Å². The highest BCUT2D eigenvalue weighted by Gasteiger charge is 2.25. The summed E-state index contributed by atoms with van der Waals surface area (Å²) in [6, 6.07) is 20.9. The van der Waals surface area contributed by atoms with Gasteiger partial charge in [-0.2, -0.15) is 0 Å². The van der Waals surface area contributed by atoms with Crippen LogP contribution in [0.2, 0.25) is 5.02 Å². The molecule has 1 amide bonds. The Hall–Kier alpha value is -3.22. The molecule has 0 fully saturated rings. The molecule has 0 aliphatic heterocycles. The molecule has 29 heavy (non-hydrogen) atoms. The van der Waals surface area contributed by atoms with Crippen LogP contribution in [0.3, 0.4) is 0 Å². The fourth-order valence-corrected chi connectivity index (χ4v) is 3.11. The van der Waals surface area contributed by atoms with E-state index in [1.165, 1.54) is 12.1 Å². The summed E-state index contributed by atoms with van der Waals surface area (Å²) < 4.78 is 0. The minimum atomic E-state index is -1.34. The maximum atomic E-state index is 12.4. The molecule has 0 bridgehead atoms. The van der Waals surface area contributed by atoms with E-state index in [9.17, 15) is 20.0 Å². The number of nitrogens with one attached hydrogen (secondary N) is 1. The maximum absolute atomic E-state index is 12.4. The van der Waals surface area contributed by atoms with Gasteiger partial charge in [0, 0.05) is 12.1 Å². The number of nitrogens with zero attached hydrogens (tertiary/aromatic N) is 1. The number of nitro benzene ring substituents is 1. The normalized spacial score (nSPS) is 12.8. The van der Waals surface area contributed by atoms with E-state index in [0.29, 0.717) is 5.56 Å². The number of nitro groups is 1. The Morgan fingerprint density at radius 2 is 1.69 bits per heavy atom. The van der Waals surface area contributed by atoms with E-state index in [0.717, 1.165) is 17.2 Å². The van der Waals surface area contributed by atoms with Crippen LogP contribution in [0.5, 0.6) is 0 Å². The Morgan fingerprint density at radius 1 is 1.07 bits per heavy atom. The van der Waals surface area contributed by atoms with Crippen LogP contribution in [-0.4, -0.2) is 22.5 Å². The van der Waals surface area contributed by atoms with Gasteiger partial charge < -0.3 is 10.4 Å². The molecule has 0 aliphatic rings. The molecule has 0 aliphatic carbocycles. The molecule has 148 valence electrons. The molecule has 1 unspecified atom stereocenters. The first-order valence-electron chi connectivity index (χ1n) is 8.88. The van der Waals surface area contributed by atoms with E-state index in [-0.39, 0.29) is 22.8 Å². The maximum Gasteiger partial charge on any atom is 0.270 e. The van der Waals surface area contributed by atoms with Crippen molar-refractivity contribution in [3.63, 3.8) is 0 Å². The Bertz CT molecular complexity index is 1030. The van der Waals surface area contributed by atoms with E-state index in [1.807, 2.05) is 42.5 Å². The van der Waals surface area contributed by atoms with Gasteiger partial charge in [0.1, 0.15) is 5.60 Å².